The van der Waals surface area contributed by atoms with Gasteiger partial charge in [0.1, 0.15) is 11.4 Å². The number of carbonyl (C=O) groups excluding carboxylic acids is 1. The maximum absolute atomic E-state index is 12.1. The van der Waals surface area contributed by atoms with Crippen molar-refractivity contribution in [1.82, 2.24) is 0 Å². The minimum atomic E-state index is -0.791. The van der Waals surface area contributed by atoms with Crippen LogP contribution in [0.25, 0.3) is 0 Å². The van der Waals surface area contributed by atoms with Crippen molar-refractivity contribution in [2.45, 2.75) is 26.4 Å². The summed E-state index contributed by atoms with van der Waals surface area (Å²) < 4.78 is 10.5. The Labute approximate surface area is 96.4 Å². The second-order valence-electron chi connectivity index (χ2n) is 4.00. The Bertz CT molecular complexity index is 369. The van der Waals surface area contributed by atoms with Crippen LogP contribution in [0.1, 0.15) is 31.1 Å². The molecule has 0 saturated carbocycles. The van der Waals surface area contributed by atoms with E-state index in [0.717, 1.165) is 0 Å². The highest BCUT2D eigenvalue weighted by atomic mass is 16.5. The second kappa shape index (κ2) is 5.12. The molecule has 0 aliphatic carbocycles. The largest absolute Gasteiger partial charge is 0.497 e. The van der Waals surface area contributed by atoms with Gasteiger partial charge in [-0.15, -0.1) is 0 Å². The summed E-state index contributed by atoms with van der Waals surface area (Å²) in [6, 6.07) is 7.10. The molecule has 88 valence electrons. The highest BCUT2D eigenvalue weighted by Gasteiger charge is 2.29. The molecule has 0 radical (unpaired) electrons. The third-order valence-electron chi connectivity index (χ3n) is 2.38. The normalized spacial score (nSPS) is 11.2. The minimum absolute atomic E-state index is 0.0340. The SMILES string of the molecule is CCOC(C)(C)C(=O)c1cccc(OC)c1. The molecule has 1 aromatic rings. The maximum Gasteiger partial charge on any atom is 0.194 e. The number of benzene rings is 1. The number of ketones is 1. The summed E-state index contributed by atoms with van der Waals surface area (Å²) in [5, 5.41) is 0. The highest BCUT2D eigenvalue weighted by Crippen LogP contribution is 2.20. The van der Waals surface area contributed by atoms with Crippen LogP contribution in [0.15, 0.2) is 24.3 Å². The van der Waals surface area contributed by atoms with Gasteiger partial charge in [-0.05, 0) is 32.9 Å². The molecule has 0 atom stereocenters. The Morgan fingerprint density at radius 1 is 1.38 bits per heavy atom. The number of rotatable bonds is 5. The number of carbonyl (C=O) groups is 1. The number of methoxy groups -OCH3 is 1. The lowest BCUT2D eigenvalue weighted by Gasteiger charge is -2.23. The zero-order chi connectivity index (χ0) is 12.2. The molecule has 0 N–H and O–H groups in total. The van der Waals surface area contributed by atoms with E-state index in [-0.39, 0.29) is 5.78 Å². The third kappa shape index (κ3) is 2.83. The predicted molar refractivity (Wildman–Crippen MR) is 63.0 cm³/mol. The van der Waals surface area contributed by atoms with Crippen molar-refractivity contribution in [2.75, 3.05) is 13.7 Å². The molecule has 0 spiro atoms. The Hall–Kier alpha value is -1.35. The first-order valence-corrected chi connectivity index (χ1v) is 5.34. The lowest BCUT2D eigenvalue weighted by atomic mass is 9.96. The average Bonchev–Trinajstić information content (AvgIpc) is 2.28. The van der Waals surface area contributed by atoms with Crippen molar-refractivity contribution >= 4 is 5.78 Å². The summed E-state index contributed by atoms with van der Waals surface area (Å²) in [5.41, 5.74) is -0.181. The van der Waals surface area contributed by atoms with Crippen LogP contribution in [-0.4, -0.2) is 25.1 Å². The van der Waals surface area contributed by atoms with Crippen molar-refractivity contribution in [3.63, 3.8) is 0 Å². The number of Topliss-reactive ketones (excluding diaryl/α,β-unsaturated/α-hetero) is 1. The molecule has 1 rings (SSSR count). The molecule has 0 aliphatic rings. The van der Waals surface area contributed by atoms with E-state index in [4.69, 9.17) is 9.47 Å². The Morgan fingerprint density at radius 2 is 2.06 bits per heavy atom. The van der Waals surface area contributed by atoms with Crippen LogP contribution in [0, 0.1) is 0 Å². The molecule has 3 heteroatoms. The lowest BCUT2D eigenvalue weighted by Crippen LogP contribution is -2.35. The van der Waals surface area contributed by atoms with Crippen LogP contribution in [0.2, 0.25) is 0 Å². The molecule has 0 heterocycles. The van der Waals surface area contributed by atoms with E-state index in [9.17, 15) is 4.79 Å². The van der Waals surface area contributed by atoms with Gasteiger partial charge in [-0.25, -0.2) is 0 Å². The van der Waals surface area contributed by atoms with Gasteiger partial charge in [0.2, 0.25) is 0 Å². The fraction of sp³-hybridized carbons (Fsp3) is 0.462. The Morgan fingerprint density at radius 3 is 2.62 bits per heavy atom. The van der Waals surface area contributed by atoms with E-state index in [1.54, 1.807) is 39.2 Å². The van der Waals surface area contributed by atoms with Gasteiger partial charge < -0.3 is 9.47 Å². The van der Waals surface area contributed by atoms with Crippen LogP contribution >= 0.6 is 0 Å². The summed E-state index contributed by atoms with van der Waals surface area (Å²) in [7, 11) is 1.58. The van der Waals surface area contributed by atoms with E-state index in [1.807, 2.05) is 13.0 Å². The van der Waals surface area contributed by atoms with E-state index >= 15 is 0 Å². The first-order chi connectivity index (χ1) is 7.51. The molecule has 0 saturated heterocycles. The van der Waals surface area contributed by atoms with Crippen molar-refractivity contribution in [3.8, 4) is 5.75 Å². The van der Waals surface area contributed by atoms with Crippen LogP contribution in [0.4, 0.5) is 0 Å². The highest BCUT2D eigenvalue weighted by molar-refractivity contribution is 6.02. The van der Waals surface area contributed by atoms with Gasteiger partial charge in [0.05, 0.1) is 7.11 Å². The average molecular weight is 222 g/mol. The zero-order valence-corrected chi connectivity index (χ0v) is 10.2. The summed E-state index contributed by atoms with van der Waals surface area (Å²) in [5.74, 6) is 0.645. The first-order valence-electron chi connectivity index (χ1n) is 5.34. The molecule has 16 heavy (non-hydrogen) atoms. The van der Waals surface area contributed by atoms with Gasteiger partial charge in [-0.1, -0.05) is 12.1 Å². The van der Waals surface area contributed by atoms with Gasteiger partial charge in [0.15, 0.2) is 5.78 Å². The third-order valence-corrected chi connectivity index (χ3v) is 2.38. The fourth-order valence-corrected chi connectivity index (χ4v) is 1.54. The summed E-state index contributed by atoms with van der Waals surface area (Å²) in [6.45, 7) is 5.94. The van der Waals surface area contributed by atoms with Crippen molar-refractivity contribution in [3.05, 3.63) is 29.8 Å². The van der Waals surface area contributed by atoms with Gasteiger partial charge in [-0.3, -0.25) is 4.79 Å². The van der Waals surface area contributed by atoms with E-state index in [0.29, 0.717) is 17.9 Å². The second-order valence-corrected chi connectivity index (χ2v) is 4.00. The molecular formula is C13H18O3. The molecular weight excluding hydrogens is 204 g/mol. The van der Waals surface area contributed by atoms with E-state index in [1.165, 1.54) is 0 Å². The summed E-state index contributed by atoms with van der Waals surface area (Å²) in [6.07, 6.45) is 0. The fourth-order valence-electron chi connectivity index (χ4n) is 1.54. The van der Waals surface area contributed by atoms with Gasteiger partial charge >= 0.3 is 0 Å². The predicted octanol–water partition coefficient (Wildman–Crippen LogP) is 2.69. The molecule has 0 unspecified atom stereocenters. The van der Waals surface area contributed by atoms with Gasteiger partial charge in [0.25, 0.3) is 0 Å². The van der Waals surface area contributed by atoms with E-state index < -0.39 is 5.60 Å². The summed E-state index contributed by atoms with van der Waals surface area (Å²) >= 11 is 0. The van der Waals surface area contributed by atoms with Gasteiger partial charge in [-0.2, -0.15) is 0 Å². The van der Waals surface area contributed by atoms with Crippen molar-refractivity contribution < 1.29 is 14.3 Å². The Balaban J connectivity index is 2.95. The molecule has 0 aliphatic heterocycles. The monoisotopic (exact) mass is 222 g/mol. The lowest BCUT2D eigenvalue weighted by molar-refractivity contribution is 0.00124. The van der Waals surface area contributed by atoms with Crippen LogP contribution < -0.4 is 4.74 Å². The quantitative estimate of drug-likeness (QED) is 0.718. The van der Waals surface area contributed by atoms with Crippen LogP contribution in [0.5, 0.6) is 5.75 Å². The van der Waals surface area contributed by atoms with Crippen molar-refractivity contribution in [1.29, 1.82) is 0 Å². The van der Waals surface area contributed by atoms with Gasteiger partial charge in [0, 0.05) is 12.2 Å². The minimum Gasteiger partial charge on any atom is -0.497 e. The standard InChI is InChI=1S/C13H18O3/c1-5-16-13(2,3)12(14)10-7-6-8-11(9-10)15-4/h6-9H,5H2,1-4H3. The first kappa shape index (κ1) is 12.7. The molecule has 0 amide bonds. The molecule has 0 fully saturated rings. The molecule has 3 nitrogen and oxygen atoms in total. The zero-order valence-electron chi connectivity index (χ0n) is 10.2. The maximum atomic E-state index is 12.1. The van der Waals surface area contributed by atoms with Crippen molar-refractivity contribution in [2.24, 2.45) is 0 Å². The Kier molecular flexibility index (Phi) is 4.07. The van der Waals surface area contributed by atoms with Crippen LogP contribution in [0.3, 0.4) is 0 Å². The molecule has 0 bridgehead atoms. The topological polar surface area (TPSA) is 35.5 Å². The number of ether oxygens (including phenoxy) is 2. The smallest absolute Gasteiger partial charge is 0.194 e. The summed E-state index contributed by atoms with van der Waals surface area (Å²) in [4.78, 5) is 12.1. The van der Waals surface area contributed by atoms with E-state index in [2.05, 4.69) is 0 Å². The number of hydrogen-bond acceptors (Lipinski definition) is 3. The van der Waals surface area contributed by atoms with Crippen LogP contribution in [-0.2, 0) is 4.74 Å². The number of hydrogen-bond donors (Lipinski definition) is 0. The molecule has 0 aromatic heterocycles. The molecule has 1 aromatic carbocycles.